The van der Waals surface area contributed by atoms with Crippen LogP contribution in [0.1, 0.15) is 15.9 Å². The average Bonchev–Trinajstić information content (AvgIpc) is 2.62. The third-order valence-electron chi connectivity index (χ3n) is 3.85. The lowest BCUT2D eigenvalue weighted by atomic mass is 10.0. The maximum atomic E-state index is 13.4. The van der Waals surface area contributed by atoms with Crippen LogP contribution in [0, 0.1) is 22.7 Å². The highest BCUT2D eigenvalue weighted by molar-refractivity contribution is 6.10. The SMILES string of the molecule is CN1CCN(C(=O)c2ccc(NN=C(C#N)C#N)cc2C(F)(F)F)CC1. The molecule has 0 aromatic heterocycles. The number of hydrazone groups is 1. The lowest BCUT2D eigenvalue weighted by Crippen LogP contribution is -2.47. The van der Waals surface area contributed by atoms with Crippen molar-refractivity contribution in [1.82, 2.24) is 9.80 Å². The summed E-state index contributed by atoms with van der Waals surface area (Å²) >= 11 is 0. The van der Waals surface area contributed by atoms with Gasteiger partial charge in [0.2, 0.25) is 5.71 Å². The van der Waals surface area contributed by atoms with Crippen LogP contribution in [-0.2, 0) is 6.18 Å². The van der Waals surface area contributed by atoms with Crippen molar-refractivity contribution in [3.05, 3.63) is 29.3 Å². The number of hydrogen-bond acceptors (Lipinski definition) is 6. The van der Waals surface area contributed by atoms with Gasteiger partial charge in [0.1, 0.15) is 12.1 Å². The minimum Gasteiger partial charge on any atom is -0.336 e. The Morgan fingerprint density at radius 2 is 1.81 bits per heavy atom. The summed E-state index contributed by atoms with van der Waals surface area (Å²) in [6.07, 6.45) is -4.74. The van der Waals surface area contributed by atoms with E-state index in [9.17, 15) is 18.0 Å². The largest absolute Gasteiger partial charge is 0.417 e. The summed E-state index contributed by atoms with van der Waals surface area (Å²) in [4.78, 5) is 15.9. The lowest BCUT2D eigenvalue weighted by molar-refractivity contribution is -0.138. The smallest absolute Gasteiger partial charge is 0.336 e. The molecular formula is C16H15F3N6O. The monoisotopic (exact) mass is 364 g/mol. The van der Waals surface area contributed by atoms with Crippen molar-refractivity contribution in [2.45, 2.75) is 6.18 Å². The highest BCUT2D eigenvalue weighted by atomic mass is 19.4. The van der Waals surface area contributed by atoms with Crippen LogP contribution < -0.4 is 5.43 Å². The highest BCUT2D eigenvalue weighted by Crippen LogP contribution is 2.34. The number of anilines is 1. The number of hydrogen-bond donors (Lipinski definition) is 1. The van der Waals surface area contributed by atoms with Crippen LogP contribution >= 0.6 is 0 Å². The zero-order chi connectivity index (χ0) is 19.3. The summed E-state index contributed by atoms with van der Waals surface area (Å²) in [5.41, 5.74) is 0.0561. The van der Waals surface area contributed by atoms with E-state index in [0.717, 1.165) is 12.1 Å². The van der Waals surface area contributed by atoms with E-state index in [1.54, 1.807) is 0 Å². The number of carbonyl (C=O) groups is 1. The summed E-state index contributed by atoms with van der Waals surface area (Å²) < 4.78 is 40.2. The fraction of sp³-hybridized carbons (Fsp3) is 0.375. The predicted molar refractivity (Wildman–Crippen MR) is 87.1 cm³/mol. The maximum Gasteiger partial charge on any atom is 0.417 e. The van der Waals surface area contributed by atoms with Crippen molar-refractivity contribution in [3.63, 3.8) is 0 Å². The molecule has 0 spiro atoms. The second-order valence-electron chi connectivity index (χ2n) is 5.65. The van der Waals surface area contributed by atoms with Gasteiger partial charge in [-0.15, -0.1) is 0 Å². The first kappa shape index (κ1) is 19.2. The number of benzene rings is 1. The zero-order valence-corrected chi connectivity index (χ0v) is 13.8. The Kier molecular flexibility index (Phi) is 5.80. The number of piperazine rings is 1. The molecule has 0 saturated carbocycles. The summed E-state index contributed by atoms with van der Waals surface area (Å²) in [6, 6.07) is 6.01. The number of nitrogens with one attached hydrogen (secondary N) is 1. The Bertz CT molecular complexity index is 782. The molecule has 1 aliphatic heterocycles. The van der Waals surface area contributed by atoms with Crippen molar-refractivity contribution < 1.29 is 18.0 Å². The van der Waals surface area contributed by atoms with E-state index < -0.39 is 28.9 Å². The molecule has 26 heavy (non-hydrogen) atoms. The second-order valence-corrected chi connectivity index (χ2v) is 5.65. The second kappa shape index (κ2) is 7.85. The normalized spacial score (nSPS) is 14.9. The minimum absolute atomic E-state index is 0.0877. The number of rotatable bonds is 3. The van der Waals surface area contributed by atoms with E-state index >= 15 is 0 Å². The maximum absolute atomic E-state index is 13.4. The predicted octanol–water partition coefficient (Wildman–Crippen LogP) is 1.91. The number of nitriles is 2. The third kappa shape index (κ3) is 4.49. The lowest BCUT2D eigenvalue weighted by Gasteiger charge is -2.33. The molecule has 7 nitrogen and oxygen atoms in total. The fourth-order valence-corrected chi connectivity index (χ4v) is 2.41. The number of nitrogens with zero attached hydrogens (tertiary/aromatic N) is 5. The van der Waals surface area contributed by atoms with Crippen LogP contribution in [0.5, 0.6) is 0 Å². The summed E-state index contributed by atoms with van der Waals surface area (Å²) in [5, 5.41) is 20.6. The third-order valence-corrected chi connectivity index (χ3v) is 3.85. The van der Waals surface area contributed by atoms with Gasteiger partial charge in [0.25, 0.3) is 5.91 Å². The standard InChI is InChI=1S/C16H15F3N6O/c1-24-4-6-25(7-5-24)15(26)13-3-2-11(8-14(13)16(17,18)19)22-23-12(9-20)10-21/h2-3,8,22H,4-7H2,1H3. The number of likely N-dealkylation sites (N-methyl/N-ethyl adjacent to an activating group) is 1. The summed E-state index contributed by atoms with van der Waals surface area (Å²) in [6.45, 7) is 1.88. The van der Waals surface area contributed by atoms with E-state index in [1.807, 2.05) is 11.9 Å². The molecule has 136 valence electrons. The van der Waals surface area contributed by atoms with Crippen LogP contribution in [0.15, 0.2) is 23.3 Å². The van der Waals surface area contributed by atoms with Gasteiger partial charge in [-0.25, -0.2) is 0 Å². The molecule has 1 fully saturated rings. The molecule has 1 heterocycles. The van der Waals surface area contributed by atoms with Crippen molar-refractivity contribution in [2.75, 3.05) is 38.7 Å². The molecule has 10 heteroatoms. The molecule has 1 N–H and O–H groups in total. The fourth-order valence-electron chi connectivity index (χ4n) is 2.41. The Balaban J connectivity index is 2.32. The molecule has 0 atom stereocenters. The quantitative estimate of drug-likeness (QED) is 0.653. The molecule has 0 radical (unpaired) electrons. The number of halogens is 3. The van der Waals surface area contributed by atoms with Gasteiger partial charge < -0.3 is 9.80 Å². The highest BCUT2D eigenvalue weighted by Gasteiger charge is 2.37. The molecule has 1 saturated heterocycles. The van der Waals surface area contributed by atoms with Crippen LogP contribution in [0.25, 0.3) is 0 Å². The van der Waals surface area contributed by atoms with Crippen LogP contribution in [0.2, 0.25) is 0 Å². The van der Waals surface area contributed by atoms with E-state index in [-0.39, 0.29) is 5.69 Å². The van der Waals surface area contributed by atoms with Gasteiger partial charge in [-0.2, -0.15) is 28.8 Å². The van der Waals surface area contributed by atoms with Crippen molar-refractivity contribution in [1.29, 1.82) is 10.5 Å². The topological polar surface area (TPSA) is 95.5 Å². The molecule has 1 aromatic carbocycles. The molecule has 2 rings (SSSR count). The minimum atomic E-state index is -4.74. The molecule has 0 aliphatic carbocycles. The molecule has 1 aliphatic rings. The van der Waals surface area contributed by atoms with Crippen molar-refractivity contribution in [2.24, 2.45) is 5.10 Å². The van der Waals surface area contributed by atoms with E-state index in [4.69, 9.17) is 10.5 Å². The Morgan fingerprint density at radius 3 is 2.35 bits per heavy atom. The first-order valence-electron chi connectivity index (χ1n) is 7.59. The number of amides is 1. The molecule has 1 amide bonds. The summed E-state index contributed by atoms with van der Waals surface area (Å²) in [5.74, 6) is -0.685. The van der Waals surface area contributed by atoms with E-state index in [1.165, 1.54) is 23.1 Å². The van der Waals surface area contributed by atoms with Gasteiger partial charge in [-0.3, -0.25) is 10.2 Å². The molecular weight excluding hydrogens is 349 g/mol. The Morgan fingerprint density at radius 1 is 1.19 bits per heavy atom. The Labute approximate surface area is 147 Å². The van der Waals surface area contributed by atoms with Crippen LogP contribution in [-0.4, -0.2) is 54.6 Å². The van der Waals surface area contributed by atoms with Gasteiger partial charge in [0, 0.05) is 26.2 Å². The van der Waals surface area contributed by atoms with Gasteiger partial charge >= 0.3 is 6.18 Å². The number of alkyl halides is 3. The molecule has 1 aromatic rings. The van der Waals surface area contributed by atoms with Gasteiger partial charge in [0.05, 0.1) is 16.8 Å². The van der Waals surface area contributed by atoms with Crippen molar-refractivity contribution in [3.8, 4) is 12.1 Å². The van der Waals surface area contributed by atoms with Gasteiger partial charge in [0.15, 0.2) is 0 Å². The van der Waals surface area contributed by atoms with E-state index in [0.29, 0.717) is 26.2 Å². The zero-order valence-electron chi connectivity index (χ0n) is 13.8. The first-order chi connectivity index (χ1) is 12.3. The van der Waals surface area contributed by atoms with Gasteiger partial charge in [-0.05, 0) is 25.2 Å². The van der Waals surface area contributed by atoms with Crippen LogP contribution in [0.3, 0.4) is 0 Å². The van der Waals surface area contributed by atoms with Crippen molar-refractivity contribution >= 4 is 17.3 Å². The average molecular weight is 364 g/mol. The Hall–Kier alpha value is -3.11. The summed E-state index contributed by atoms with van der Waals surface area (Å²) in [7, 11) is 1.88. The van der Waals surface area contributed by atoms with Gasteiger partial charge in [-0.1, -0.05) is 0 Å². The van der Waals surface area contributed by atoms with E-state index in [2.05, 4.69) is 10.5 Å². The first-order valence-corrected chi connectivity index (χ1v) is 7.59. The van der Waals surface area contributed by atoms with Crippen LogP contribution in [0.4, 0.5) is 18.9 Å². The molecule has 0 bridgehead atoms. The number of carbonyl (C=O) groups excluding carboxylic acids is 1. The molecule has 0 unspecified atom stereocenters.